The molecular weight excluding hydrogens is 238 g/mol. The van der Waals surface area contributed by atoms with Gasteiger partial charge in [0.1, 0.15) is 12.2 Å². The number of rotatable bonds is 4. The van der Waals surface area contributed by atoms with Gasteiger partial charge in [-0.1, -0.05) is 48.5 Å². The van der Waals surface area contributed by atoms with Gasteiger partial charge in [0, 0.05) is 5.56 Å². The van der Waals surface area contributed by atoms with Crippen LogP contribution in [0.5, 0.6) is 0 Å². The number of quaternary nitrogens is 1. The SMILES string of the molecule is CC[N+](Cc1ccccc1)(C(=O)[O-])c1ccccc1. The highest BCUT2D eigenvalue weighted by atomic mass is 16.4. The number of carboxylic acid groups (broad SMARTS) is 1. The fourth-order valence-electron chi connectivity index (χ4n) is 2.29. The highest BCUT2D eigenvalue weighted by Crippen LogP contribution is 2.25. The summed E-state index contributed by atoms with van der Waals surface area (Å²) >= 11 is 0. The second-order valence-electron chi connectivity index (χ2n) is 4.53. The van der Waals surface area contributed by atoms with Gasteiger partial charge >= 0.3 is 0 Å². The summed E-state index contributed by atoms with van der Waals surface area (Å²) in [6, 6.07) is 18.9. The van der Waals surface area contributed by atoms with Crippen LogP contribution in [-0.4, -0.2) is 12.6 Å². The monoisotopic (exact) mass is 255 g/mol. The minimum atomic E-state index is -1.07. The molecule has 0 radical (unpaired) electrons. The van der Waals surface area contributed by atoms with E-state index >= 15 is 0 Å². The Kier molecular flexibility index (Phi) is 3.97. The Balaban J connectivity index is 2.44. The average Bonchev–Trinajstić information content (AvgIpc) is 2.46. The van der Waals surface area contributed by atoms with E-state index in [-0.39, 0.29) is 4.48 Å². The van der Waals surface area contributed by atoms with E-state index in [4.69, 9.17) is 0 Å². The smallest absolute Gasteiger partial charge is 0.263 e. The van der Waals surface area contributed by atoms with Crippen LogP contribution in [-0.2, 0) is 6.54 Å². The predicted octanol–water partition coefficient (Wildman–Crippen LogP) is 2.56. The zero-order valence-corrected chi connectivity index (χ0v) is 11.0. The Labute approximate surface area is 113 Å². The van der Waals surface area contributed by atoms with Crippen molar-refractivity contribution in [3.63, 3.8) is 0 Å². The second kappa shape index (κ2) is 5.67. The maximum absolute atomic E-state index is 11.7. The lowest BCUT2D eigenvalue weighted by Crippen LogP contribution is -2.59. The number of amides is 1. The van der Waals surface area contributed by atoms with E-state index in [9.17, 15) is 9.90 Å². The van der Waals surface area contributed by atoms with Crippen molar-refractivity contribution in [3.05, 3.63) is 66.2 Å². The van der Waals surface area contributed by atoms with Gasteiger partial charge in [0.2, 0.25) is 0 Å². The number of carbonyl (C=O) groups is 1. The summed E-state index contributed by atoms with van der Waals surface area (Å²) in [4.78, 5) is 11.7. The van der Waals surface area contributed by atoms with E-state index < -0.39 is 6.09 Å². The molecule has 0 N–H and O–H groups in total. The lowest BCUT2D eigenvalue weighted by atomic mass is 10.1. The van der Waals surface area contributed by atoms with E-state index in [1.165, 1.54) is 0 Å². The first-order chi connectivity index (χ1) is 9.19. The van der Waals surface area contributed by atoms with Crippen molar-refractivity contribution in [1.29, 1.82) is 0 Å². The Hall–Kier alpha value is -2.13. The quantitative estimate of drug-likeness (QED) is 0.788. The van der Waals surface area contributed by atoms with Gasteiger partial charge in [0.15, 0.2) is 0 Å². The molecule has 0 aliphatic carbocycles. The third-order valence-electron chi connectivity index (χ3n) is 3.44. The molecule has 0 saturated heterocycles. The van der Waals surface area contributed by atoms with Crippen LogP contribution in [0, 0.1) is 0 Å². The van der Waals surface area contributed by atoms with Gasteiger partial charge in [0.25, 0.3) is 6.09 Å². The molecule has 0 fully saturated rings. The van der Waals surface area contributed by atoms with Gasteiger partial charge in [-0.2, -0.15) is 0 Å². The van der Waals surface area contributed by atoms with Crippen molar-refractivity contribution in [2.75, 3.05) is 6.54 Å². The van der Waals surface area contributed by atoms with Crippen LogP contribution < -0.4 is 9.59 Å². The van der Waals surface area contributed by atoms with Gasteiger partial charge in [-0.3, -0.25) is 0 Å². The van der Waals surface area contributed by atoms with Crippen molar-refractivity contribution in [2.24, 2.45) is 0 Å². The van der Waals surface area contributed by atoms with Crippen molar-refractivity contribution >= 4 is 11.8 Å². The molecule has 0 spiro atoms. The predicted molar refractivity (Wildman–Crippen MR) is 74.3 cm³/mol. The van der Waals surface area contributed by atoms with Gasteiger partial charge in [-0.05, 0) is 19.1 Å². The van der Waals surface area contributed by atoms with Crippen LogP contribution >= 0.6 is 0 Å². The fraction of sp³-hybridized carbons (Fsp3) is 0.188. The van der Waals surface area contributed by atoms with Crippen molar-refractivity contribution in [1.82, 2.24) is 4.48 Å². The lowest BCUT2D eigenvalue weighted by molar-refractivity contribution is -0.264. The third kappa shape index (κ3) is 2.66. The largest absolute Gasteiger partial charge is 0.498 e. The van der Waals surface area contributed by atoms with Crippen molar-refractivity contribution in [3.8, 4) is 0 Å². The molecule has 0 aliphatic heterocycles. The summed E-state index contributed by atoms with van der Waals surface area (Å²) in [7, 11) is 0. The number of hydrogen-bond donors (Lipinski definition) is 0. The molecule has 19 heavy (non-hydrogen) atoms. The average molecular weight is 255 g/mol. The molecule has 2 aromatic rings. The van der Waals surface area contributed by atoms with Crippen molar-refractivity contribution < 1.29 is 9.90 Å². The first-order valence-corrected chi connectivity index (χ1v) is 6.37. The molecule has 1 atom stereocenters. The molecule has 0 aromatic heterocycles. The van der Waals surface area contributed by atoms with Crippen LogP contribution in [0.1, 0.15) is 12.5 Å². The minimum Gasteiger partial charge on any atom is -0.498 e. The second-order valence-corrected chi connectivity index (χ2v) is 4.53. The van der Waals surface area contributed by atoms with E-state index in [1.807, 2.05) is 67.6 Å². The van der Waals surface area contributed by atoms with Gasteiger partial charge < -0.3 is 9.90 Å². The molecule has 0 bridgehead atoms. The Morgan fingerprint density at radius 2 is 1.53 bits per heavy atom. The molecule has 0 aliphatic rings. The highest BCUT2D eigenvalue weighted by Gasteiger charge is 2.31. The molecular formula is C16H17NO2. The number of para-hydroxylation sites is 1. The van der Waals surface area contributed by atoms with E-state index in [2.05, 4.69) is 0 Å². The lowest BCUT2D eigenvalue weighted by Gasteiger charge is -2.36. The van der Waals surface area contributed by atoms with E-state index in [1.54, 1.807) is 0 Å². The van der Waals surface area contributed by atoms with Gasteiger partial charge in [-0.15, -0.1) is 0 Å². The van der Waals surface area contributed by atoms with Crippen molar-refractivity contribution in [2.45, 2.75) is 13.5 Å². The molecule has 3 heteroatoms. The Bertz CT molecular complexity index is 539. The molecule has 98 valence electrons. The van der Waals surface area contributed by atoms with Crippen LogP contribution in [0.15, 0.2) is 60.7 Å². The molecule has 2 rings (SSSR count). The summed E-state index contributed by atoms with van der Waals surface area (Å²) in [5.41, 5.74) is 1.73. The number of carbonyl (C=O) groups excluding carboxylic acids is 1. The first-order valence-electron chi connectivity index (χ1n) is 6.37. The molecule has 3 nitrogen and oxygen atoms in total. The normalized spacial score (nSPS) is 13.7. The van der Waals surface area contributed by atoms with Gasteiger partial charge in [-0.25, -0.2) is 4.48 Å². The molecule has 1 unspecified atom stereocenters. The van der Waals surface area contributed by atoms with Crippen LogP contribution in [0.3, 0.4) is 0 Å². The van der Waals surface area contributed by atoms with Gasteiger partial charge in [0.05, 0.1) is 6.54 Å². The maximum Gasteiger partial charge on any atom is 0.263 e. The van der Waals surface area contributed by atoms with E-state index in [0.717, 1.165) is 11.3 Å². The van der Waals surface area contributed by atoms with Crippen LogP contribution in [0.25, 0.3) is 0 Å². The zero-order chi connectivity index (χ0) is 13.7. The number of benzene rings is 2. The topological polar surface area (TPSA) is 40.1 Å². The molecule has 1 amide bonds. The molecule has 0 saturated carbocycles. The Morgan fingerprint density at radius 3 is 2.00 bits per heavy atom. The standard InChI is InChI=1S/C16H17NO2/c1-2-17(16(18)19,15-11-7-4-8-12-15)13-14-9-5-3-6-10-14/h3-12H,2,13H2,1H3. The van der Waals surface area contributed by atoms with Crippen LogP contribution in [0.4, 0.5) is 10.5 Å². The molecule has 0 heterocycles. The Morgan fingerprint density at radius 1 is 1.00 bits per heavy atom. The summed E-state index contributed by atoms with van der Waals surface area (Å²) < 4.78 is -0.190. The highest BCUT2D eigenvalue weighted by molar-refractivity contribution is 5.78. The van der Waals surface area contributed by atoms with E-state index in [0.29, 0.717) is 13.1 Å². The summed E-state index contributed by atoms with van der Waals surface area (Å²) in [5.74, 6) is 0. The summed E-state index contributed by atoms with van der Waals surface area (Å²) in [6.07, 6.45) is -1.07. The summed E-state index contributed by atoms with van der Waals surface area (Å²) in [6.45, 7) is 2.71. The maximum atomic E-state index is 11.7. The molecule has 2 aromatic carbocycles. The number of hydrogen-bond acceptors (Lipinski definition) is 2. The fourth-order valence-corrected chi connectivity index (χ4v) is 2.29. The number of nitrogens with zero attached hydrogens (tertiary/aromatic N) is 1. The summed E-state index contributed by atoms with van der Waals surface area (Å²) in [5, 5.41) is 11.7. The first kappa shape index (κ1) is 13.3. The van der Waals surface area contributed by atoms with Crippen LogP contribution in [0.2, 0.25) is 0 Å². The third-order valence-corrected chi connectivity index (χ3v) is 3.44. The zero-order valence-electron chi connectivity index (χ0n) is 11.0. The minimum absolute atomic E-state index is 0.190.